The number of nitro groups is 1. The number of aliphatic imine (C=N–C) groups is 1. The number of nitrogens with zero attached hydrogens (tertiary/aromatic N) is 2. The Morgan fingerprint density at radius 3 is 2.70 bits per heavy atom. The molecule has 7 heteroatoms. The standard InChI is InChI=1S/C16H9IN2O4/c17-13-7-2-1-6-12(13)15-18-14(16(20)23-15)9-10-4-3-5-11(8-10)19(21)22/h1-9H/b14-9-. The van der Waals surface area contributed by atoms with Gasteiger partial charge < -0.3 is 4.74 Å². The molecule has 0 spiro atoms. The quantitative estimate of drug-likeness (QED) is 0.250. The van der Waals surface area contributed by atoms with Gasteiger partial charge in [0, 0.05) is 15.7 Å². The number of nitro benzene ring substituents is 1. The first-order valence-electron chi connectivity index (χ1n) is 6.56. The van der Waals surface area contributed by atoms with Crippen LogP contribution in [0.2, 0.25) is 0 Å². The highest BCUT2D eigenvalue weighted by Gasteiger charge is 2.25. The molecular weight excluding hydrogens is 411 g/mol. The van der Waals surface area contributed by atoms with E-state index in [1.165, 1.54) is 18.2 Å². The fourth-order valence-corrected chi connectivity index (χ4v) is 2.66. The summed E-state index contributed by atoms with van der Waals surface area (Å²) in [6, 6.07) is 13.4. The van der Waals surface area contributed by atoms with E-state index in [1.807, 2.05) is 24.3 Å². The van der Waals surface area contributed by atoms with E-state index in [-0.39, 0.29) is 17.3 Å². The van der Waals surface area contributed by atoms with Crippen molar-refractivity contribution in [3.8, 4) is 0 Å². The zero-order chi connectivity index (χ0) is 16.4. The van der Waals surface area contributed by atoms with E-state index in [0.29, 0.717) is 5.56 Å². The van der Waals surface area contributed by atoms with E-state index in [0.717, 1.165) is 9.13 Å². The molecule has 0 aromatic heterocycles. The normalized spacial score (nSPS) is 15.4. The number of carbonyl (C=O) groups excluding carboxylic acids is 1. The first-order valence-corrected chi connectivity index (χ1v) is 7.64. The van der Waals surface area contributed by atoms with Crippen molar-refractivity contribution in [1.82, 2.24) is 0 Å². The summed E-state index contributed by atoms with van der Waals surface area (Å²) in [5.74, 6) is -0.345. The number of rotatable bonds is 3. The lowest BCUT2D eigenvalue weighted by atomic mass is 10.1. The molecule has 0 amide bonds. The predicted molar refractivity (Wildman–Crippen MR) is 92.9 cm³/mol. The molecule has 1 heterocycles. The Bertz CT molecular complexity index is 874. The van der Waals surface area contributed by atoms with Crippen molar-refractivity contribution in [2.24, 2.45) is 4.99 Å². The summed E-state index contributed by atoms with van der Waals surface area (Å²) >= 11 is 2.13. The molecule has 0 aliphatic carbocycles. The third kappa shape index (κ3) is 3.29. The van der Waals surface area contributed by atoms with Crippen LogP contribution in [0.5, 0.6) is 0 Å². The fraction of sp³-hybridized carbons (Fsp3) is 0. The second kappa shape index (κ2) is 6.29. The van der Waals surface area contributed by atoms with Crippen LogP contribution in [-0.4, -0.2) is 16.8 Å². The molecule has 0 atom stereocenters. The highest BCUT2D eigenvalue weighted by molar-refractivity contribution is 14.1. The summed E-state index contributed by atoms with van der Waals surface area (Å²) in [5.41, 5.74) is 1.30. The van der Waals surface area contributed by atoms with E-state index in [1.54, 1.807) is 12.1 Å². The topological polar surface area (TPSA) is 81.8 Å². The van der Waals surface area contributed by atoms with E-state index >= 15 is 0 Å². The van der Waals surface area contributed by atoms with Crippen LogP contribution in [0, 0.1) is 13.7 Å². The van der Waals surface area contributed by atoms with Crippen LogP contribution in [0.4, 0.5) is 5.69 Å². The maximum atomic E-state index is 12.0. The molecule has 0 saturated carbocycles. The molecule has 0 unspecified atom stereocenters. The van der Waals surface area contributed by atoms with Gasteiger partial charge in [0.2, 0.25) is 5.90 Å². The van der Waals surface area contributed by atoms with Gasteiger partial charge in [0.05, 0.1) is 10.5 Å². The first-order chi connectivity index (χ1) is 11.0. The number of carbonyl (C=O) groups is 1. The highest BCUT2D eigenvalue weighted by Crippen LogP contribution is 2.23. The molecule has 2 aromatic rings. The van der Waals surface area contributed by atoms with Gasteiger partial charge in [-0.3, -0.25) is 10.1 Å². The van der Waals surface area contributed by atoms with Crippen LogP contribution in [0.1, 0.15) is 11.1 Å². The average Bonchev–Trinajstić information content (AvgIpc) is 2.89. The molecule has 0 N–H and O–H groups in total. The minimum atomic E-state index is -0.578. The Kier molecular flexibility index (Phi) is 4.20. The Hall–Kier alpha value is -2.55. The molecule has 1 aliphatic rings. The van der Waals surface area contributed by atoms with E-state index in [4.69, 9.17) is 4.74 Å². The number of esters is 1. The molecule has 23 heavy (non-hydrogen) atoms. The fourth-order valence-electron chi connectivity index (χ4n) is 2.05. The van der Waals surface area contributed by atoms with Crippen molar-refractivity contribution in [2.75, 3.05) is 0 Å². The number of non-ortho nitro benzene ring substituents is 1. The minimum Gasteiger partial charge on any atom is -0.402 e. The van der Waals surface area contributed by atoms with Gasteiger partial charge in [0.15, 0.2) is 5.70 Å². The molecule has 0 saturated heterocycles. The Labute approximate surface area is 144 Å². The summed E-state index contributed by atoms with van der Waals surface area (Å²) in [6.45, 7) is 0. The number of halogens is 1. The molecule has 3 rings (SSSR count). The number of hydrogen-bond donors (Lipinski definition) is 0. The Balaban J connectivity index is 1.97. The van der Waals surface area contributed by atoms with Crippen LogP contribution < -0.4 is 0 Å². The van der Waals surface area contributed by atoms with E-state index < -0.39 is 10.9 Å². The molecule has 1 aliphatic heterocycles. The Morgan fingerprint density at radius 2 is 1.96 bits per heavy atom. The Morgan fingerprint density at radius 1 is 1.17 bits per heavy atom. The second-order valence-corrected chi connectivity index (χ2v) is 5.83. The monoisotopic (exact) mass is 420 g/mol. The molecular formula is C16H9IN2O4. The SMILES string of the molecule is O=C1OC(c2ccccc2I)=N/C1=C\c1cccc([N+](=O)[O-])c1. The van der Waals surface area contributed by atoms with Crippen molar-refractivity contribution in [2.45, 2.75) is 0 Å². The smallest absolute Gasteiger partial charge is 0.363 e. The molecule has 0 bridgehead atoms. The van der Waals surface area contributed by atoms with Crippen LogP contribution in [0.3, 0.4) is 0 Å². The summed E-state index contributed by atoms with van der Waals surface area (Å²) < 4.78 is 6.11. The number of hydrogen-bond acceptors (Lipinski definition) is 5. The summed E-state index contributed by atoms with van der Waals surface area (Å²) in [5, 5.41) is 10.8. The summed E-state index contributed by atoms with van der Waals surface area (Å²) in [6.07, 6.45) is 1.47. The minimum absolute atomic E-state index is 0.0486. The average molecular weight is 420 g/mol. The molecule has 2 aromatic carbocycles. The van der Waals surface area contributed by atoms with Crippen molar-refractivity contribution in [1.29, 1.82) is 0 Å². The molecule has 0 radical (unpaired) electrons. The van der Waals surface area contributed by atoms with Crippen LogP contribution in [0.25, 0.3) is 6.08 Å². The van der Waals surface area contributed by atoms with Crippen LogP contribution >= 0.6 is 22.6 Å². The van der Waals surface area contributed by atoms with E-state index in [2.05, 4.69) is 27.6 Å². The lowest BCUT2D eigenvalue weighted by Crippen LogP contribution is -2.06. The lowest BCUT2D eigenvalue weighted by molar-refractivity contribution is -0.384. The zero-order valence-electron chi connectivity index (χ0n) is 11.6. The van der Waals surface area contributed by atoms with Gasteiger partial charge >= 0.3 is 5.97 Å². The van der Waals surface area contributed by atoms with Gasteiger partial charge in [-0.05, 0) is 46.4 Å². The number of cyclic esters (lactones) is 1. The maximum absolute atomic E-state index is 12.0. The first kappa shape index (κ1) is 15.3. The summed E-state index contributed by atoms with van der Waals surface area (Å²) in [7, 11) is 0. The zero-order valence-corrected chi connectivity index (χ0v) is 13.8. The number of benzene rings is 2. The van der Waals surface area contributed by atoms with Crippen molar-refractivity contribution in [3.63, 3.8) is 0 Å². The van der Waals surface area contributed by atoms with E-state index in [9.17, 15) is 14.9 Å². The molecule has 114 valence electrons. The predicted octanol–water partition coefficient (Wildman–Crippen LogP) is 3.54. The highest BCUT2D eigenvalue weighted by atomic mass is 127. The largest absolute Gasteiger partial charge is 0.402 e. The third-order valence-corrected chi connectivity index (χ3v) is 4.05. The van der Waals surface area contributed by atoms with Gasteiger partial charge in [-0.1, -0.05) is 24.3 Å². The van der Waals surface area contributed by atoms with Gasteiger partial charge in [-0.2, -0.15) is 0 Å². The molecule has 0 fully saturated rings. The van der Waals surface area contributed by atoms with Crippen LogP contribution in [-0.2, 0) is 9.53 Å². The van der Waals surface area contributed by atoms with Crippen molar-refractivity contribution >= 4 is 46.2 Å². The van der Waals surface area contributed by atoms with Crippen molar-refractivity contribution in [3.05, 3.63) is 79.0 Å². The van der Waals surface area contributed by atoms with Crippen LogP contribution in [0.15, 0.2) is 59.2 Å². The van der Waals surface area contributed by atoms with Gasteiger partial charge in [-0.25, -0.2) is 9.79 Å². The second-order valence-electron chi connectivity index (χ2n) is 4.67. The summed E-state index contributed by atoms with van der Waals surface area (Å²) in [4.78, 5) is 26.5. The number of ether oxygens (including phenoxy) is 1. The lowest BCUT2D eigenvalue weighted by Gasteiger charge is -2.01. The third-order valence-electron chi connectivity index (χ3n) is 3.11. The van der Waals surface area contributed by atoms with Gasteiger partial charge in [0.1, 0.15) is 0 Å². The molecule has 6 nitrogen and oxygen atoms in total. The van der Waals surface area contributed by atoms with Gasteiger partial charge in [0.25, 0.3) is 5.69 Å². The van der Waals surface area contributed by atoms with Crippen molar-refractivity contribution < 1.29 is 14.5 Å². The maximum Gasteiger partial charge on any atom is 0.363 e. The van der Waals surface area contributed by atoms with Gasteiger partial charge in [-0.15, -0.1) is 0 Å².